The van der Waals surface area contributed by atoms with E-state index >= 15 is 0 Å². The lowest BCUT2D eigenvalue weighted by molar-refractivity contribution is -0.374. The molecule has 3 aliphatic heterocycles. The number of aliphatic hydroxyl groups excluding tert-OH is 12. The quantitative estimate of drug-likeness (QED) is 0.114. The summed E-state index contributed by atoms with van der Waals surface area (Å²) in [5, 5.41) is 141. The smallest absolute Gasteiger partial charge is 0.229 e. The Morgan fingerprint density at radius 3 is 1.93 bits per heavy atom. The number of fused-ring (bicyclic) bond motifs is 7. The number of amides is 1. The van der Waals surface area contributed by atoms with E-state index in [0.717, 1.165) is 49.6 Å². The van der Waals surface area contributed by atoms with E-state index in [1.807, 2.05) is 0 Å². The van der Waals surface area contributed by atoms with Crippen LogP contribution in [-0.2, 0) is 35.0 Å². The second kappa shape index (κ2) is 19.8. The molecule has 73 heavy (non-hydrogen) atoms. The van der Waals surface area contributed by atoms with Crippen molar-refractivity contribution in [3.8, 4) is 0 Å². The van der Waals surface area contributed by atoms with Crippen molar-refractivity contribution >= 4 is 5.91 Å². The molecule has 5 aliphatic carbocycles. The highest BCUT2D eigenvalue weighted by atomic mass is 16.7. The molecule has 22 nitrogen and oxygen atoms in total. The second-order valence-corrected chi connectivity index (χ2v) is 25.1. The number of allylic oxidation sites excluding steroid dienone is 2. The van der Waals surface area contributed by atoms with Gasteiger partial charge in [-0.05, 0) is 103 Å². The van der Waals surface area contributed by atoms with Gasteiger partial charge in [0.1, 0.15) is 78.9 Å². The van der Waals surface area contributed by atoms with E-state index in [-0.39, 0.29) is 57.2 Å². The van der Waals surface area contributed by atoms with Crippen molar-refractivity contribution in [2.45, 2.75) is 217 Å². The van der Waals surface area contributed by atoms with Gasteiger partial charge >= 0.3 is 0 Å². The summed E-state index contributed by atoms with van der Waals surface area (Å²) in [5.41, 5.74) is -0.302. The number of hydrogen-bond donors (Lipinski definition) is 13. The number of nitrogens with zero attached hydrogens (tertiary/aromatic N) is 3. The van der Waals surface area contributed by atoms with E-state index < -0.39 is 123 Å². The average Bonchev–Trinajstić information content (AvgIpc) is 3.82. The zero-order chi connectivity index (χ0) is 53.1. The molecule has 4 heterocycles. The molecule has 9 rings (SSSR count). The number of aliphatic hydroxyl groups is 12. The molecule has 0 radical (unpaired) electrons. The summed E-state index contributed by atoms with van der Waals surface area (Å²) in [7, 11) is 0. The highest BCUT2D eigenvalue weighted by molar-refractivity contribution is 5.85. The van der Waals surface area contributed by atoms with Crippen LogP contribution in [0.1, 0.15) is 118 Å². The summed E-state index contributed by atoms with van der Waals surface area (Å²) in [6.07, 6.45) is -15.9. The van der Waals surface area contributed by atoms with Crippen molar-refractivity contribution in [1.29, 1.82) is 0 Å². The molecule has 13 N–H and O–H groups in total. The maximum absolute atomic E-state index is 14.9. The Hall–Kier alpha value is -2.33. The van der Waals surface area contributed by atoms with Crippen molar-refractivity contribution < 1.29 is 89.8 Å². The second-order valence-electron chi connectivity index (χ2n) is 25.1. The van der Waals surface area contributed by atoms with Gasteiger partial charge in [0.05, 0.1) is 50.2 Å². The lowest BCUT2D eigenvalue weighted by Crippen LogP contribution is -2.68. The van der Waals surface area contributed by atoms with Crippen molar-refractivity contribution in [2.24, 2.45) is 50.2 Å². The van der Waals surface area contributed by atoms with Crippen LogP contribution >= 0.6 is 0 Å². The highest BCUT2D eigenvalue weighted by Crippen LogP contribution is 2.75. The van der Waals surface area contributed by atoms with Crippen LogP contribution in [0.5, 0.6) is 0 Å². The van der Waals surface area contributed by atoms with Crippen LogP contribution in [0.15, 0.2) is 17.8 Å². The SMILES string of the molecule is CC1(C)CC[C@]2(C(=O)NCc3cn([C@@H]4O[C@H](CO)[C@@H](O[C@H]5O[C@H](CO)[C@@H](O[C@H]6O[C@H](CO)[C@@H](O)[C@H](O)[C@H]6O)[C@H](O)[C@H]5O)[C@H](O)[C@H]4O)nn3)[C@H](O)C[C@]3(C)C(=CC[C@@H]4[C@@]5(C)CC[C@H](O)C(C)(C)[C@@H]5CC[C@]43C)[C@@H]2C1. The summed E-state index contributed by atoms with van der Waals surface area (Å²) in [6, 6.07) is 0. The van der Waals surface area contributed by atoms with E-state index in [1.165, 1.54) is 11.8 Å². The van der Waals surface area contributed by atoms with E-state index in [1.54, 1.807) is 0 Å². The summed E-state index contributed by atoms with van der Waals surface area (Å²) >= 11 is 0. The zero-order valence-electron chi connectivity index (χ0n) is 43.1. The maximum Gasteiger partial charge on any atom is 0.229 e. The van der Waals surface area contributed by atoms with E-state index in [0.29, 0.717) is 24.7 Å². The van der Waals surface area contributed by atoms with Crippen LogP contribution in [0.4, 0.5) is 0 Å². The number of rotatable bonds is 11. The molecule has 0 aromatic carbocycles. The summed E-state index contributed by atoms with van der Waals surface area (Å²) < 4.78 is 29.6. The molecule has 4 saturated carbocycles. The van der Waals surface area contributed by atoms with Crippen LogP contribution < -0.4 is 5.32 Å². The van der Waals surface area contributed by atoms with Gasteiger partial charge in [-0.3, -0.25) is 4.79 Å². The third kappa shape index (κ3) is 8.78. The van der Waals surface area contributed by atoms with Gasteiger partial charge in [0.25, 0.3) is 0 Å². The van der Waals surface area contributed by atoms with E-state index in [2.05, 4.69) is 70.2 Å². The van der Waals surface area contributed by atoms with Crippen molar-refractivity contribution in [3.05, 3.63) is 23.5 Å². The minimum atomic E-state index is -1.98. The molecule has 24 atom stereocenters. The van der Waals surface area contributed by atoms with Crippen LogP contribution in [0.3, 0.4) is 0 Å². The molecule has 0 bridgehead atoms. The standard InChI is InChI=1S/C51H82N4O18/c1-46(2)14-15-51(25(16-46)24-8-9-30-48(5)12-11-31(59)47(3,4)29(48)10-13-49(30,6)50(24,7)17-32(51)60)45(68)52-18-23-19-55(54-53-23)42-37(65)35(63)40(27(21-57)69-42)72-44-39(67)36(64)41(28(22-58)71-44)73-43-38(66)34(62)33(61)26(20-56)70-43/h8,19,25-44,56-67H,9-18,20-22H2,1-7H3,(H,52,68)/t25-,26+,27+,28+,29-,30+,31-,32+,33+,34-,35+,36+,37+,38+,39+,40+,41+,42+,43+,44+,48-,49+,50+,51+/m0/s1. The molecule has 1 amide bonds. The Morgan fingerprint density at radius 1 is 0.685 bits per heavy atom. The largest absolute Gasteiger partial charge is 0.394 e. The monoisotopic (exact) mass is 1040 g/mol. The first-order valence-corrected chi connectivity index (χ1v) is 26.4. The fraction of sp³-hybridized carbons (Fsp3) is 0.902. The Labute approximate surface area is 425 Å². The Balaban J connectivity index is 0.871. The predicted molar refractivity (Wildman–Crippen MR) is 253 cm³/mol. The topological polar surface area (TPSA) is 349 Å². The van der Waals surface area contributed by atoms with Crippen LogP contribution in [0, 0.1) is 50.2 Å². The molecule has 1 aromatic heterocycles. The molecule has 3 saturated heterocycles. The van der Waals surface area contributed by atoms with Crippen LogP contribution in [0.25, 0.3) is 0 Å². The van der Waals surface area contributed by atoms with Gasteiger partial charge in [0, 0.05) is 0 Å². The molecular weight excluding hydrogens is 957 g/mol. The summed E-state index contributed by atoms with van der Waals surface area (Å²) in [5.74, 6) is 0.234. The Kier molecular flexibility index (Phi) is 15.1. The van der Waals surface area contributed by atoms with Gasteiger partial charge in [-0.1, -0.05) is 65.3 Å². The fourth-order valence-corrected chi connectivity index (χ4v) is 15.9. The number of carbonyl (C=O) groups is 1. The average molecular weight is 1040 g/mol. The molecular formula is C51H82N4O18. The van der Waals surface area contributed by atoms with Crippen molar-refractivity contribution in [1.82, 2.24) is 20.3 Å². The molecule has 8 aliphatic rings. The predicted octanol–water partition coefficient (Wildman–Crippen LogP) is -1.35. The number of carbonyl (C=O) groups excluding carboxylic acids is 1. The van der Waals surface area contributed by atoms with Crippen LogP contribution in [0.2, 0.25) is 0 Å². The van der Waals surface area contributed by atoms with E-state index in [9.17, 15) is 66.1 Å². The third-order valence-electron chi connectivity index (χ3n) is 20.4. The highest BCUT2D eigenvalue weighted by Gasteiger charge is 2.71. The number of nitrogens with one attached hydrogen (secondary N) is 1. The number of aromatic nitrogens is 3. The Morgan fingerprint density at radius 2 is 1.29 bits per heavy atom. The van der Waals surface area contributed by atoms with Crippen molar-refractivity contribution in [3.63, 3.8) is 0 Å². The normalized spacial score (nSPS) is 50.4. The summed E-state index contributed by atoms with van der Waals surface area (Å²) in [6.45, 7) is 13.6. The minimum absolute atomic E-state index is 0.0164. The Bertz CT molecular complexity index is 2180. The maximum atomic E-state index is 14.9. The fourth-order valence-electron chi connectivity index (χ4n) is 15.9. The molecule has 0 unspecified atom stereocenters. The van der Waals surface area contributed by atoms with Gasteiger partial charge < -0.3 is 90.3 Å². The summed E-state index contributed by atoms with van der Waals surface area (Å²) in [4.78, 5) is 14.9. The molecule has 1 aromatic rings. The molecule has 22 heteroatoms. The van der Waals surface area contributed by atoms with E-state index in [4.69, 9.17) is 23.7 Å². The molecule has 7 fully saturated rings. The lowest BCUT2D eigenvalue weighted by atomic mass is 9.33. The van der Waals surface area contributed by atoms with Crippen LogP contribution in [-0.4, -0.2) is 200 Å². The van der Waals surface area contributed by atoms with Gasteiger partial charge in [-0.15, -0.1) is 5.10 Å². The first-order chi connectivity index (χ1) is 34.2. The minimum Gasteiger partial charge on any atom is -0.394 e. The van der Waals surface area contributed by atoms with Gasteiger partial charge in [0.2, 0.25) is 5.91 Å². The van der Waals surface area contributed by atoms with Gasteiger partial charge in [0.15, 0.2) is 18.8 Å². The first kappa shape index (κ1) is 55.4. The third-order valence-corrected chi connectivity index (χ3v) is 20.4. The molecule has 414 valence electrons. The number of ether oxygens (including phenoxy) is 5. The van der Waals surface area contributed by atoms with Gasteiger partial charge in [-0.25, -0.2) is 4.68 Å². The zero-order valence-corrected chi connectivity index (χ0v) is 43.1. The molecule has 0 spiro atoms. The van der Waals surface area contributed by atoms with Crippen molar-refractivity contribution in [2.75, 3.05) is 19.8 Å². The lowest BCUT2D eigenvalue weighted by Gasteiger charge is -2.71. The van der Waals surface area contributed by atoms with Gasteiger partial charge in [-0.2, -0.15) is 0 Å². The number of hydrogen-bond acceptors (Lipinski definition) is 20. The first-order valence-electron chi connectivity index (χ1n) is 26.4.